The van der Waals surface area contributed by atoms with Gasteiger partial charge in [-0.25, -0.2) is 4.98 Å². The van der Waals surface area contributed by atoms with E-state index in [9.17, 15) is 18.0 Å². The second-order valence-electron chi connectivity index (χ2n) is 7.11. The minimum Gasteiger partial charge on any atom is -0.352 e. The van der Waals surface area contributed by atoms with Crippen molar-refractivity contribution in [2.45, 2.75) is 32.4 Å². The molecule has 0 radical (unpaired) electrons. The highest BCUT2D eigenvalue weighted by Crippen LogP contribution is 2.29. The number of aromatic nitrogens is 2. The SMILES string of the molecule is CC(C)c1ccc(/C=C/C(=O)NCCc2cn3cc(C(F)(F)F)ccc3n2)cc1. The number of alkyl halides is 3. The third kappa shape index (κ3) is 5.47. The molecule has 3 aromatic rings. The maximum atomic E-state index is 12.8. The van der Waals surface area contributed by atoms with E-state index in [1.807, 2.05) is 24.3 Å². The maximum absolute atomic E-state index is 12.8. The lowest BCUT2D eigenvalue weighted by Gasteiger charge is -2.05. The summed E-state index contributed by atoms with van der Waals surface area (Å²) in [5, 5.41) is 2.76. The number of pyridine rings is 1. The smallest absolute Gasteiger partial charge is 0.352 e. The van der Waals surface area contributed by atoms with Crippen LogP contribution in [0.5, 0.6) is 0 Å². The van der Waals surface area contributed by atoms with Gasteiger partial charge in [-0.05, 0) is 35.3 Å². The van der Waals surface area contributed by atoms with Crippen LogP contribution >= 0.6 is 0 Å². The number of fused-ring (bicyclic) bond motifs is 1. The number of amides is 1. The van der Waals surface area contributed by atoms with Gasteiger partial charge >= 0.3 is 6.18 Å². The lowest BCUT2D eigenvalue weighted by Crippen LogP contribution is -2.23. The second kappa shape index (κ2) is 8.51. The van der Waals surface area contributed by atoms with Crippen LogP contribution in [0.15, 0.2) is 54.9 Å². The van der Waals surface area contributed by atoms with Crippen molar-refractivity contribution in [3.8, 4) is 0 Å². The quantitative estimate of drug-likeness (QED) is 0.601. The van der Waals surface area contributed by atoms with E-state index in [0.717, 1.165) is 17.8 Å². The Labute approximate surface area is 167 Å². The van der Waals surface area contributed by atoms with Gasteiger partial charge < -0.3 is 9.72 Å². The van der Waals surface area contributed by atoms with Crippen molar-refractivity contribution in [2.75, 3.05) is 6.54 Å². The molecule has 0 fully saturated rings. The van der Waals surface area contributed by atoms with Gasteiger partial charge in [0.2, 0.25) is 5.91 Å². The van der Waals surface area contributed by atoms with Crippen molar-refractivity contribution in [1.82, 2.24) is 14.7 Å². The van der Waals surface area contributed by atoms with E-state index in [-0.39, 0.29) is 5.91 Å². The predicted octanol–water partition coefficient (Wildman–Crippen LogP) is 4.85. The number of hydrogen-bond donors (Lipinski definition) is 1. The van der Waals surface area contributed by atoms with E-state index in [0.29, 0.717) is 30.2 Å². The van der Waals surface area contributed by atoms with Crippen LogP contribution in [0.25, 0.3) is 11.7 Å². The fraction of sp³-hybridized carbons (Fsp3) is 0.273. The van der Waals surface area contributed by atoms with Crippen LogP contribution in [0, 0.1) is 0 Å². The number of halogens is 3. The first-order valence-corrected chi connectivity index (χ1v) is 9.33. The van der Waals surface area contributed by atoms with Crippen LogP contribution in [0.1, 0.15) is 42.1 Å². The zero-order valence-electron chi connectivity index (χ0n) is 16.2. The van der Waals surface area contributed by atoms with E-state index in [1.54, 1.807) is 12.3 Å². The molecule has 3 rings (SSSR count). The fourth-order valence-corrected chi connectivity index (χ4v) is 2.87. The Morgan fingerprint density at radius 2 is 1.86 bits per heavy atom. The van der Waals surface area contributed by atoms with Gasteiger partial charge in [-0.1, -0.05) is 38.1 Å². The second-order valence-corrected chi connectivity index (χ2v) is 7.11. The highest BCUT2D eigenvalue weighted by Gasteiger charge is 2.30. The van der Waals surface area contributed by atoms with Crippen LogP contribution in [-0.2, 0) is 17.4 Å². The summed E-state index contributed by atoms with van der Waals surface area (Å²) in [5.41, 5.74) is 2.49. The molecule has 0 aliphatic heterocycles. The Morgan fingerprint density at radius 3 is 2.52 bits per heavy atom. The maximum Gasteiger partial charge on any atom is 0.417 e. The van der Waals surface area contributed by atoms with E-state index >= 15 is 0 Å². The van der Waals surface area contributed by atoms with Crippen molar-refractivity contribution < 1.29 is 18.0 Å². The van der Waals surface area contributed by atoms with Gasteiger partial charge in [0.25, 0.3) is 0 Å². The number of benzene rings is 1. The standard InChI is InChI=1S/C22H22F3N3O/c1-15(2)17-6-3-16(4-7-17)5-10-21(29)26-12-11-19-14-28-13-18(22(23,24)25)8-9-20(28)27-19/h3-10,13-15H,11-12H2,1-2H3,(H,26,29)/b10-5+. The molecule has 0 aliphatic carbocycles. The number of imidazole rings is 1. The molecule has 152 valence electrons. The van der Waals surface area contributed by atoms with Crippen molar-refractivity contribution in [1.29, 1.82) is 0 Å². The van der Waals surface area contributed by atoms with Gasteiger partial charge in [-0.2, -0.15) is 13.2 Å². The van der Waals surface area contributed by atoms with Crippen molar-refractivity contribution in [2.24, 2.45) is 0 Å². The Bertz CT molecular complexity index is 1020. The van der Waals surface area contributed by atoms with E-state index in [2.05, 4.69) is 24.1 Å². The molecular weight excluding hydrogens is 379 g/mol. The zero-order chi connectivity index (χ0) is 21.0. The molecular formula is C22H22F3N3O. The Kier molecular flexibility index (Phi) is 6.06. The van der Waals surface area contributed by atoms with E-state index < -0.39 is 11.7 Å². The molecule has 0 spiro atoms. The van der Waals surface area contributed by atoms with Gasteiger partial charge in [-0.15, -0.1) is 0 Å². The molecule has 0 atom stereocenters. The summed E-state index contributed by atoms with van der Waals surface area (Å²) < 4.78 is 39.7. The van der Waals surface area contributed by atoms with Gasteiger partial charge in [0.15, 0.2) is 0 Å². The molecule has 0 unspecified atom stereocenters. The average Bonchev–Trinajstić information content (AvgIpc) is 3.08. The van der Waals surface area contributed by atoms with Crippen LogP contribution in [0.3, 0.4) is 0 Å². The topological polar surface area (TPSA) is 46.4 Å². The van der Waals surface area contributed by atoms with Crippen molar-refractivity contribution >= 4 is 17.6 Å². The number of carbonyl (C=O) groups excluding carboxylic acids is 1. The zero-order valence-corrected chi connectivity index (χ0v) is 16.2. The molecule has 7 heteroatoms. The highest BCUT2D eigenvalue weighted by atomic mass is 19.4. The van der Waals surface area contributed by atoms with Crippen LogP contribution in [0.4, 0.5) is 13.2 Å². The number of rotatable bonds is 6. The van der Waals surface area contributed by atoms with Crippen molar-refractivity contribution in [3.63, 3.8) is 0 Å². The molecule has 4 nitrogen and oxygen atoms in total. The Hall–Kier alpha value is -3.09. The molecule has 0 aliphatic rings. The summed E-state index contributed by atoms with van der Waals surface area (Å²) in [6.45, 7) is 4.58. The minimum atomic E-state index is -4.39. The molecule has 0 saturated heterocycles. The minimum absolute atomic E-state index is 0.235. The number of hydrogen-bond acceptors (Lipinski definition) is 2. The molecule has 1 aromatic carbocycles. The van der Waals surface area contributed by atoms with E-state index in [4.69, 9.17) is 0 Å². The lowest BCUT2D eigenvalue weighted by molar-refractivity contribution is -0.137. The van der Waals surface area contributed by atoms with Gasteiger partial charge in [0.05, 0.1) is 11.3 Å². The van der Waals surface area contributed by atoms with Gasteiger partial charge in [-0.3, -0.25) is 4.79 Å². The monoisotopic (exact) mass is 401 g/mol. The Morgan fingerprint density at radius 1 is 1.14 bits per heavy atom. The van der Waals surface area contributed by atoms with Crippen LogP contribution in [-0.4, -0.2) is 21.8 Å². The summed E-state index contributed by atoms with van der Waals surface area (Å²) in [6, 6.07) is 10.3. The van der Waals surface area contributed by atoms with Crippen molar-refractivity contribution in [3.05, 3.63) is 77.3 Å². The first-order chi connectivity index (χ1) is 13.7. The molecule has 1 amide bonds. The van der Waals surface area contributed by atoms with Gasteiger partial charge in [0, 0.05) is 31.4 Å². The normalized spacial score (nSPS) is 12.2. The molecule has 2 heterocycles. The fourth-order valence-electron chi connectivity index (χ4n) is 2.87. The van der Waals surface area contributed by atoms with Gasteiger partial charge in [0.1, 0.15) is 5.65 Å². The van der Waals surface area contributed by atoms with E-state index in [1.165, 1.54) is 22.1 Å². The summed E-state index contributed by atoms with van der Waals surface area (Å²) in [7, 11) is 0. The highest BCUT2D eigenvalue weighted by molar-refractivity contribution is 5.91. The third-order valence-electron chi connectivity index (χ3n) is 4.54. The summed E-state index contributed by atoms with van der Waals surface area (Å²) in [5.74, 6) is 0.219. The Balaban J connectivity index is 1.53. The first-order valence-electron chi connectivity index (χ1n) is 9.33. The summed E-state index contributed by atoms with van der Waals surface area (Å²) >= 11 is 0. The molecule has 2 aromatic heterocycles. The largest absolute Gasteiger partial charge is 0.417 e. The first kappa shape index (κ1) is 20.6. The number of nitrogens with one attached hydrogen (secondary N) is 1. The number of nitrogens with zero attached hydrogens (tertiary/aromatic N) is 2. The number of carbonyl (C=O) groups is 1. The average molecular weight is 401 g/mol. The summed E-state index contributed by atoms with van der Waals surface area (Å²) in [6.07, 6.45) is 1.78. The third-order valence-corrected chi connectivity index (χ3v) is 4.54. The van der Waals surface area contributed by atoms with Crippen LogP contribution in [0.2, 0.25) is 0 Å². The lowest BCUT2D eigenvalue weighted by atomic mass is 10.0. The van der Waals surface area contributed by atoms with Crippen LogP contribution < -0.4 is 5.32 Å². The summed E-state index contributed by atoms with van der Waals surface area (Å²) in [4.78, 5) is 16.2. The molecule has 29 heavy (non-hydrogen) atoms. The predicted molar refractivity (Wildman–Crippen MR) is 106 cm³/mol. The molecule has 1 N–H and O–H groups in total. The molecule has 0 saturated carbocycles. The molecule has 0 bridgehead atoms.